The van der Waals surface area contributed by atoms with E-state index in [1.54, 1.807) is 6.92 Å². The molecule has 1 spiro atoms. The van der Waals surface area contributed by atoms with Gasteiger partial charge in [0.15, 0.2) is 5.60 Å². The molecule has 2 aliphatic rings. The van der Waals surface area contributed by atoms with Crippen LogP contribution in [0.15, 0.2) is 0 Å². The minimum Gasteiger partial charge on any atom is -0.432 e. The van der Waals surface area contributed by atoms with E-state index in [2.05, 4.69) is 4.90 Å². The molecule has 0 radical (unpaired) electrons. The van der Waals surface area contributed by atoms with Crippen molar-refractivity contribution in [1.82, 2.24) is 9.80 Å². The number of nitrogens with zero attached hydrogens (tertiary/aromatic N) is 2. The van der Waals surface area contributed by atoms with Crippen molar-refractivity contribution in [2.75, 3.05) is 26.7 Å². The molecule has 2 fully saturated rings. The molecule has 2 aliphatic heterocycles. The molecule has 0 atom stereocenters. The number of ether oxygens (including phenoxy) is 1. The number of hydrogen-bond acceptors (Lipinski definition) is 4. The van der Waals surface area contributed by atoms with Gasteiger partial charge in [0.25, 0.3) is 5.91 Å². The van der Waals surface area contributed by atoms with Gasteiger partial charge in [-0.15, -0.1) is 12.4 Å². The predicted octanol–water partition coefficient (Wildman–Crippen LogP) is 0.871. The van der Waals surface area contributed by atoms with Crippen LogP contribution in [0.2, 0.25) is 0 Å². The van der Waals surface area contributed by atoms with Crippen LogP contribution in [0, 0.1) is 0 Å². The van der Waals surface area contributed by atoms with Crippen molar-refractivity contribution in [3.8, 4) is 0 Å². The highest BCUT2D eigenvalue weighted by atomic mass is 35.5. The zero-order valence-electron chi connectivity index (χ0n) is 9.56. The van der Waals surface area contributed by atoms with E-state index in [0.717, 1.165) is 13.1 Å². The fraction of sp³-hybridized carbons (Fsp3) is 0.800. The molecule has 92 valence electrons. The van der Waals surface area contributed by atoms with Gasteiger partial charge in [-0.2, -0.15) is 0 Å². The Balaban J connectivity index is 0.00000128. The van der Waals surface area contributed by atoms with Crippen molar-refractivity contribution in [2.24, 2.45) is 0 Å². The minimum atomic E-state index is -0.848. The first-order valence-electron chi connectivity index (χ1n) is 5.32. The Morgan fingerprint density at radius 1 is 1.31 bits per heavy atom. The van der Waals surface area contributed by atoms with Gasteiger partial charge in [0.2, 0.25) is 0 Å². The maximum absolute atomic E-state index is 12.0. The lowest BCUT2D eigenvalue weighted by Gasteiger charge is -2.33. The van der Waals surface area contributed by atoms with Crippen LogP contribution in [0.25, 0.3) is 0 Å². The van der Waals surface area contributed by atoms with Crippen LogP contribution in [0.3, 0.4) is 0 Å². The van der Waals surface area contributed by atoms with Crippen molar-refractivity contribution in [3.05, 3.63) is 0 Å². The first kappa shape index (κ1) is 13.3. The molecule has 6 heteroatoms. The third-order valence-corrected chi connectivity index (χ3v) is 3.25. The van der Waals surface area contributed by atoms with Gasteiger partial charge < -0.3 is 9.64 Å². The molecule has 0 bridgehead atoms. The Labute approximate surface area is 101 Å². The van der Waals surface area contributed by atoms with Gasteiger partial charge in [-0.3, -0.25) is 4.79 Å². The van der Waals surface area contributed by atoms with E-state index < -0.39 is 11.7 Å². The Kier molecular flexibility index (Phi) is 3.80. The quantitative estimate of drug-likeness (QED) is 0.691. The summed E-state index contributed by atoms with van der Waals surface area (Å²) in [6.45, 7) is 3.79. The third-order valence-electron chi connectivity index (χ3n) is 3.25. The highest BCUT2D eigenvalue weighted by Crippen LogP contribution is 2.33. The molecule has 5 nitrogen and oxygen atoms in total. The van der Waals surface area contributed by atoms with Gasteiger partial charge in [-0.1, -0.05) is 0 Å². The molecule has 0 unspecified atom stereocenters. The number of piperidine rings is 1. The van der Waals surface area contributed by atoms with E-state index in [4.69, 9.17) is 4.74 Å². The van der Waals surface area contributed by atoms with Crippen LogP contribution < -0.4 is 0 Å². The fourth-order valence-electron chi connectivity index (χ4n) is 2.16. The van der Waals surface area contributed by atoms with E-state index >= 15 is 0 Å². The van der Waals surface area contributed by atoms with E-state index in [1.807, 2.05) is 7.05 Å². The van der Waals surface area contributed by atoms with Crippen molar-refractivity contribution in [1.29, 1.82) is 0 Å². The van der Waals surface area contributed by atoms with Crippen molar-refractivity contribution in [3.63, 3.8) is 0 Å². The highest BCUT2D eigenvalue weighted by Gasteiger charge is 2.54. The van der Waals surface area contributed by atoms with Crippen LogP contribution in [0.4, 0.5) is 4.79 Å². The standard InChI is InChI=1S/C10H16N2O3.ClH/c1-3-12-8(13)10(15-9(12)14)4-6-11(2)7-5-10;/h3-7H2,1-2H3;1H. The molecule has 0 N–H and O–H groups in total. The SMILES string of the molecule is CCN1C(=O)OC2(CCN(C)CC2)C1=O.Cl. The largest absolute Gasteiger partial charge is 0.432 e. The Hall–Kier alpha value is -0.810. The summed E-state index contributed by atoms with van der Waals surface area (Å²) in [5, 5.41) is 0. The summed E-state index contributed by atoms with van der Waals surface area (Å²) in [5.74, 6) is -0.150. The summed E-state index contributed by atoms with van der Waals surface area (Å²) >= 11 is 0. The number of likely N-dealkylation sites (N-methyl/N-ethyl adjacent to an activating group) is 1. The average molecular weight is 249 g/mol. The zero-order chi connectivity index (χ0) is 11.1. The van der Waals surface area contributed by atoms with Crippen LogP contribution in [-0.4, -0.2) is 54.1 Å². The number of halogens is 1. The van der Waals surface area contributed by atoms with Crippen LogP contribution >= 0.6 is 12.4 Å². The van der Waals surface area contributed by atoms with Gasteiger partial charge in [0.05, 0.1) is 0 Å². The van der Waals surface area contributed by atoms with E-state index in [1.165, 1.54) is 4.90 Å². The molecular formula is C10H17ClN2O3. The van der Waals surface area contributed by atoms with E-state index in [-0.39, 0.29) is 18.3 Å². The normalized spacial score (nSPS) is 24.5. The average Bonchev–Trinajstić information content (AvgIpc) is 2.44. The van der Waals surface area contributed by atoms with E-state index in [9.17, 15) is 9.59 Å². The molecule has 0 aromatic rings. The summed E-state index contributed by atoms with van der Waals surface area (Å²) < 4.78 is 5.26. The molecule has 2 rings (SSSR count). The lowest BCUT2D eigenvalue weighted by molar-refractivity contribution is -0.140. The van der Waals surface area contributed by atoms with Gasteiger partial charge in [-0.05, 0) is 14.0 Å². The lowest BCUT2D eigenvalue weighted by atomic mass is 9.91. The molecule has 2 amide bonds. The van der Waals surface area contributed by atoms with Gasteiger partial charge >= 0.3 is 6.09 Å². The fourth-order valence-corrected chi connectivity index (χ4v) is 2.16. The number of hydrogen-bond donors (Lipinski definition) is 0. The van der Waals surface area contributed by atoms with Crippen LogP contribution in [0.1, 0.15) is 19.8 Å². The summed E-state index contributed by atoms with van der Waals surface area (Å²) in [4.78, 5) is 26.8. The van der Waals surface area contributed by atoms with Crippen molar-refractivity contribution in [2.45, 2.75) is 25.4 Å². The molecule has 0 aromatic carbocycles. The van der Waals surface area contributed by atoms with Gasteiger partial charge in [-0.25, -0.2) is 9.69 Å². The first-order chi connectivity index (χ1) is 7.09. The molecule has 2 heterocycles. The number of carbonyl (C=O) groups excluding carboxylic acids is 2. The Bertz CT molecular complexity index is 300. The second-order valence-electron chi connectivity index (χ2n) is 4.21. The molecule has 2 saturated heterocycles. The van der Waals surface area contributed by atoms with Gasteiger partial charge in [0, 0.05) is 32.5 Å². The zero-order valence-corrected chi connectivity index (χ0v) is 10.4. The molecular weight excluding hydrogens is 232 g/mol. The summed E-state index contributed by atoms with van der Waals surface area (Å²) in [7, 11) is 2.01. The van der Waals surface area contributed by atoms with Crippen molar-refractivity contribution < 1.29 is 14.3 Å². The number of likely N-dealkylation sites (tertiary alicyclic amines) is 1. The molecule has 0 saturated carbocycles. The Morgan fingerprint density at radius 2 is 1.88 bits per heavy atom. The predicted molar refractivity (Wildman–Crippen MR) is 60.6 cm³/mol. The van der Waals surface area contributed by atoms with Gasteiger partial charge in [0.1, 0.15) is 0 Å². The number of carbonyl (C=O) groups is 2. The maximum Gasteiger partial charge on any atom is 0.417 e. The minimum absolute atomic E-state index is 0. The van der Waals surface area contributed by atoms with Crippen LogP contribution in [-0.2, 0) is 9.53 Å². The first-order valence-corrected chi connectivity index (χ1v) is 5.32. The second kappa shape index (κ2) is 4.59. The summed E-state index contributed by atoms with van der Waals surface area (Å²) in [6, 6.07) is 0. The monoisotopic (exact) mass is 248 g/mol. The second-order valence-corrected chi connectivity index (χ2v) is 4.21. The number of imide groups is 1. The molecule has 0 aromatic heterocycles. The maximum atomic E-state index is 12.0. The highest BCUT2D eigenvalue weighted by molar-refractivity contribution is 6.02. The topological polar surface area (TPSA) is 49.9 Å². The lowest BCUT2D eigenvalue weighted by Crippen LogP contribution is -2.49. The summed E-state index contributed by atoms with van der Waals surface area (Å²) in [6.07, 6.45) is 0.752. The van der Waals surface area contributed by atoms with E-state index in [0.29, 0.717) is 19.4 Å². The summed E-state index contributed by atoms with van der Waals surface area (Å²) in [5.41, 5.74) is -0.848. The van der Waals surface area contributed by atoms with Crippen molar-refractivity contribution >= 4 is 24.4 Å². The van der Waals surface area contributed by atoms with Crippen LogP contribution in [0.5, 0.6) is 0 Å². The Morgan fingerprint density at radius 3 is 2.31 bits per heavy atom. The smallest absolute Gasteiger partial charge is 0.417 e. The number of amides is 2. The number of rotatable bonds is 1. The molecule has 16 heavy (non-hydrogen) atoms. The third kappa shape index (κ3) is 1.89. The molecule has 0 aliphatic carbocycles.